The predicted octanol–water partition coefficient (Wildman–Crippen LogP) is 5.17. The zero-order valence-corrected chi connectivity index (χ0v) is 12.9. The van der Waals surface area contributed by atoms with Gasteiger partial charge in [0.1, 0.15) is 11.0 Å². The van der Waals surface area contributed by atoms with Crippen molar-refractivity contribution in [3.8, 4) is 0 Å². The number of anilines is 1. The van der Waals surface area contributed by atoms with Gasteiger partial charge in [-0.15, -0.1) is 0 Å². The van der Waals surface area contributed by atoms with Crippen LogP contribution in [0.15, 0.2) is 36.4 Å². The molecule has 1 aromatic heterocycles. The van der Waals surface area contributed by atoms with Crippen LogP contribution >= 0.6 is 34.9 Å². The molecule has 102 valence electrons. The van der Waals surface area contributed by atoms with Crippen molar-refractivity contribution in [1.82, 2.24) is 8.75 Å². The zero-order valence-electron chi connectivity index (χ0n) is 10.6. The molecule has 0 fully saturated rings. The molecule has 2 aromatic carbocycles. The molecular formula is C14H11Cl2N3S. The third-order valence-electron chi connectivity index (χ3n) is 3.09. The van der Waals surface area contributed by atoms with E-state index >= 15 is 0 Å². The van der Waals surface area contributed by atoms with Crippen molar-refractivity contribution in [3.05, 3.63) is 52.0 Å². The molecule has 0 spiro atoms. The molecule has 1 heterocycles. The fraction of sp³-hybridized carbons (Fsp3) is 0.143. The Bertz CT molecular complexity index is 757. The van der Waals surface area contributed by atoms with Crippen molar-refractivity contribution in [2.45, 2.75) is 13.0 Å². The lowest BCUT2D eigenvalue weighted by atomic mass is 10.1. The van der Waals surface area contributed by atoms with Gasteiger partial charge in [0.15, 0.2) is 0 Å². The molecule has 3 rings (SSSR count). The molecule has 1 unspecified atom stereocenters. The Balaban J connectivity index is 1.96. The van der Waals surface area contributed by atoms with E-state index in [1.54, 1.807) is 0 Å². The van der Waals surface area contributed by atoms with E-state index in [0.717, 1.165) is 27.3 Å². The number of nitrogens with zero attached hydrogens (tertiary/aromatic N) is 2. The topological polar surface area (TPSA) is 37.8 Å². The van der Waals surface area contributed by atoms with Gasteiger partial charge in [-0.05, 0) is 36.8 Å². The standard InChI is InChI=1S/C14H11Cl2N3S/c1-8(9-3-2-4-10(15)7-9)17-13-11(16)5-6-12-14(13)19-20-18-12/h2-8,17H,1H3. The second-order valence-electron chi connectivity index (χ2n) is 4.48. The Morgan fingerprint density at radius 1 is 1.15 bits per heavy atom. The number of aromatic nitrogens is 2. The Hall–Kier alpha value is -1.36. The van der Waals surface area contributed by atoms with Crippen LogP contribution in [0.2, 0.25) is 10.0 Å². The number of benzene rings is 2. The second-order valence-corrected chi connectivity index (χ2v) is 5.85. The Morgan fingerprint density at radius 3 is 2.80 bits per heavy atom. The van der Waals surface area contributed by atoms with Gasteiger partial charge >= 0.3 is 0 Å². The van der Waals surface area contributed by atoms with Gasteiger partial charge < -0.3 is 5.32 Å². The third-order valence-corrected chi connectivity index (χ3v) is 4.18. The Kier molecular flexibility index (Phi) is 3.78. The van der Waals surface area contributed by atoms with E-state index in [2.05, 4.69) is 21.0 Å². The first kappa shape index (κ1) is 13.6. The lowest BCUT2D eigenvalue weighted by Gasteiger charge is -2.17. The lowest BCUT2D eigenvalue weighted by Crippen LogP contribution is -2.07. The Labute approximate surface area is 130 Å². The van der Waals surface area contributed by atoms with E-state index in [1.165, 1.54) is 11.7 Å². The van der Waals surface area contributed by atoms with Gasteiger partial charge in [-0.25, -0.2) is 0 Å². The summed E-state index contributed by atoms with van der Waals surface area (Å²) in [6, 6.07) is 11.5. The largest absolute Gasteiger partial charge is 0.375 e. The molecule has 0 saturated heterocycles. The highest BCUT2D eigenvalue weighted by molar-refractivity contribution is 7.00. The second kappa shape index (κ2) is 5.56. The summed E-state index contributed by atoms with van der Waals surface area (Å²) in [5.41, 5.74) is 3.55. The van der Waals surface area contributed by atoms with Gasteiger partial charge in [0.25, 0.3) is 0 Å². The van der Waals surface area contributed by atoms with E-state index < -0.39 is 0 Å². The summed E-state index contributed by atoms with van der Waals surface area (Å²) in [5.74, 6) is 0. The van der Waals surface area contributed by atoms with E-state index in [4.69, 9.17) is 23.2 Å². The van der Waals surface area contributed by atoms with Crippen molar-refractivity contribution >= 4 is 51.7 Å². The van der Waals surface area contributed by atoms with Crippen LogP contribution in [-0.2, 0) is 0 Å². The molecule has 1 atom stereocenters. The molecule has 6 heteroatoms. The van der Waals surface area contributed by atoms with Gasteiger partial charge in [0.2, 0.25) is 0 Å². The van der Waals surface area contributed by atoms with Crippen LogP contribution in [0.3, 0.4) is 0 Å². The smallest absolute Gasteiger partial charge is 0.129 e. The third kappa shape index (κ3) is 2.59. The fourth-order valence-electron chi connectivity index (χ4n) is 2.04. The maximum Gasteiger partial charge on any atom is 0.129 e. The molecule has 20 heavy (non-hydrogen) atoms. The maximum atomic E-state index is 6.27. The normalized spacial score (nSPS) is 12.6. The van der Waals surface area contributed by atoms with E-state index in [9.17, 15) is 0 Å². The molecule has 0 aliphatic heterocycles. The number of hydrogen-bond acceptors (Lipinski definition) is 4. The molecule has 0 aliphatic carbocycles. The molecule has 0 bridgehead atoms. The number of fused-ring (bicyclic) bond motifs is 1. The molecule has 0 radical (unpaired) electrons. The van der Waals surface area contributed by atoms with E-state index in [1.807, 2.05) is 36.4 Å². The molecule has 0 aliphatic rings. The fourth-order valence-corrected chi connectivity index (χ4v) is 2.99. The summed E-state index contributed by atoms with van der Waals surface area (Å²) in [6.45, 7) is 2.06. The Morgan fingerprint density at radius 2 is 2.00 bits per heavy atom. The average Bonchev–Trinajstić information content (AvgIpc) is 2.90. The van der Waals surface area contributed by atoms with Gasteiger partial charge in [-0.2, -0.15) is 8.75 Å². The molecule has 3 nitrogen and oxygen atoms in total. The number of halogens is 2. The summed E-state index contributed by atoms with van der Waals surface area (Å²) < 4.78 is 8.53. The predicted molar refractivity (Wildman–Crippen MR) is 85.9 cm³/mol. The minimum absolute atomic E-state index is 0.0681. The zero-order chi connectivity index (χ0) is 14.1. The molecule has 3 aromatic rings. The van der Waals surface area contributed by atoms with Gasteiger partial charge in [-0.1, -0.05) is 35.3 Å². The monoisotopic (exact) mass is 323 g/mol. The molecule has 0 amide bonds. The molecule has 1 N–H and O–H groups in total. The first-order valence-electron chi connectivity index (χ1n) is 6.08. The van der Waals surface area contributed by atoms with Crippen LogP contribution in [-0.4, -0.2) is 8.75 Å². The molecule has 0 saturated carbocycles. The summed E-state index contributed by atoms with van der Waals surface area (Å²) >= 11 is 13.5. The van der Waals surface area contributed by atoms with E-state index in [-0.39, 0.29) is 6.04 Å². The number of hydrogen-bond donors (Lipinski definition) is 1. The van der Waals surface area contributed by atoms with Crippen LogP contribution in [0, 0.1) is 0 Å². The van der Waals surface area contributed by atoms with Crippen LogP contribution in [0.25, 0.3) is 11.0 Å². The first-order valence-corrected chi connectivity index (χ1v) is 7.56. The SMILES string of the molecule is CC(Nc1c(Cl)ccc2nsnc12)c1cccc(Cl)c1. The van der Waals surface area contributed by atoms with Crippen molar-refractivity contribution in [3.63, 3.8) is 0 Å². The summed E-state index contributed by atoms with van der Waals surface area (Å²) in [6.07, 6.45) is 0. The van der Waals surface area contributed by atoms with Crippen molar-refractivity contribution in [2.75, 3.05) is 5.32 Å². The van der Waals surface area contributed by atoms with Crippen molar-refractivity contribution in [1.29, 1.82) is 0 Å². The van der Waals surface area contributed by atoms with Gasteiger partial charge in [0.05, 0.1) is 22.4 Å². The van der Waals surface area contributed by atoms with Crippen molar-refractivity contribution in [2.24, 2.45) is 0 Å². The van der Waals surface area contributed by atoms with Gasteiger partial charge in [-0.3, -0.25) is 0 Å². The van der Waals surface area contributed by atoms with Crippen LogP contribution in [0.1, 0.15) is 18.5 Å². The minimum atomic E-state index is 0.0681. The molecular weight excluding hydrogens is 313 g/mol. The lowest BCUT2D eigenvalue weighted by molar-refractivity contribution is 0.886. The van der Waals surface area contributed by atoms with Crippen LogP contribution < -0.4 is 5.32 Å². The van der Waals surface area contributed by atoms with Gasteiger partial charge in [0, 0.05) is 11.1 Å². The number of rotatable bonds is 3. The highest BCUT2D eigenvalue weighted by atomic mass is 35.5. The summed E-state index contributed by atoms with van der Waals surface area (Å²) in [5, 5.41) is 4.75. The van der Waals surface area contributed by atoms with Crippen LogP contribution in [0.4, 0.5) is 5.69 Å². The number of nitrogens with one attached hydrogen (secondary N) is 1. The summed E-state index contributed by atoms with van der Waals surface area (Å²) in [7, 11) is 0. The first-order chi connectivity index (χ1) is 9.65. The minimum Gasteiger partial charge on any atom is -0.375 e. The maximum absolute atomic E-state index is 6.27. The van der Waals surface area contributed by atoms with E-state index in [0.29, 0.717) is 5.02 Å². The van der Waals surface area contributed by atoms with Crippen molar-refractivity contribution < 1.29 is 0 Å². The quantitative estimate of drug-likeness (QED) is 0.722. The average molecular weight is 324 g/mol. The summed E-state index contributed by atoms with van der Waals surface area (Å²) in [4.78, 5) is 0. The highest BCUT2D eigenvalue weighted by Crippen LogP contribution is 2.33. The van der Waals surface area contributed by atoms with Crippen LogP contribution in [0.5, 0.6) is 0 Å². The highest BCUT2D eigenvalue weighted by Gasteiger charge is 2.13.